The molecule has 0 spiro atoms. The third-order valence-corrected chi connectivity index (χ3v) is 3.08. The van der Waals surface area contributed by atoms with Crippen LogP contribution in [0.4, 0.5) is 0 Å². The molecule has 0 aliphatic rings. The van der Waals surface area contributed by atoms with E-state index in [1.165, 1.54) is 5.56 Å². The lowest BCUT2D eigenvalue weighted by atomic mass is 10.1. The zero-order chi connectivity index (χ0) is 14.8. The van der Waals surface area contributed by atoms with E-state index in [4.69, 9.17) is 9.47 Å². The van der Waals surface area contributed by atoms with Crippen molar-refractivity contribution >= 4 is 0 Å². The molecule has 0 saturated heterocycles. The van der Waals surface area contributed by atoms with Crippen LogP contribution in [0.2, 0.25) is 0 Å². The number of aryl methyl sites for hydroxylation is 1. The van der Waals surface area contributed by atoms with Gasteiger partial charge in [-0.25, -0.2) is 0 Å². The molecule has 0 heterocycles. The predicted molar refractivity (Wildman–Crippen MR) is 83.9 cm³/mol. The second kappa shape index (κ2) is 9.61. The van der Waals surface area contributed by atoms with Crippen molar-refractivity contribution in [3.63, 3.8) is 0 Å². The van der Waals surface area contributed by atoms with Crippen LogP contribution in [0.1, 0.15) is 25.8 Å². The van der Waals surface area contributed by atoms with E-state index in [0.717, 1.165) is 44.0 Å². The van der Waals surface area contributed by atoms with Crippen LogP contribution in [0.5, 0.6) is 11.5 Å². The lowest BCUT2D eigenvalue weighted by molar-refractivity contribution is 0.393. The number of ether oxygens (including phenoxy) is 2. The molecule has 0 aromatic heterocycles. The zero-order valence-electron chi connectivity index (χ0n) is 13.2. The highest BCUT2D eigenvalue weighted by Crippen LogP contribution is 2.23. The van der Waals surface area contributed by atoms with Crippen LogP contribution in [0.15, 0.2) is 18.2 Å². The largest absolute Gasteiger partial charge is 0.497 e. The summed E-state index contributed by atoms with van der Waals surface area (Å²) in [6.45, 7) is 7.38. The van der Waals surface area contributed by atoms with Crippen LogP contribution in [0, 0.1) is 0 Å². The molecular weight excluding hydrogens is 252 g/mol. The summed E-state index contributed by atoms with van der Waals surface area (Å²) in [4.78, 5) is 0. The summed E-state index contributed by atoms with van der Waals surface area (Å²) in [7, 11) is 3.36. The van der Waals surface area contributed by atoms with Crippen LogP contribution >= 0.6 is 0 Å². The summed E-state index contributed by atoms with van der Waals surface area (Å²) in [5.74, 6) is 1.71. The molecule has 4 nitrogen and oxygen atoms in total. The third kappa shape index (κ3) is 6.78. The molecule has 0 amide bonds. The fraction of sp³-hybridized carbons (Fsp3) is 0.625. The fourth-order valence-electron chi connectivity index (χ4n) is 2.00. The highest BCUT2D eigenvalue weighted by atomic mass is 16.5. The Morgan fingerprint density at radius 1 is 0.950 bits per heavy atom. The Labute approximate surface area is 122 Å². The van der Waals surface area contributed by atoms with E-state index >= 15 is 0 Å². The Hall–Kier alpha value is -1.26. The topological polar surface area (TPSA) is 42.5 Å². The Morgan fingerprint density at radius 3 is 2.15 bits per heavy atom. The standard InChI is InChI=1S/C16H28N2O2/c1-13(2)18-9-8-17-7-5-6-14-10-15(19-3)12-16(11-14)20-4/h10-13,17-18H,5-9H2,1-4H3. The molecule has 0 aliphatic heterocycles. The molecule has 0 unspecified atom stereocenters. The molecule has 1 aromatic carbocycles. The van der Waals surface area contributed by atoms with Gasteiger partial charge in [0.05, 0.1) is 14.2 Å². The van der Waals surface area contributed by atoms with E-state index < -0.39 is 0 Å². The van der Waals surface area contributed by atoms with Crippen LogP contribution < -0.4 is 20.1 Å². The van der Waals surface area contributed by atoms with Crippen LogP contribution in [-0.4, -0.2) is 39.9 Å². The minimum absolute atomic E-state index is 0.557. The maximum atomic E-state index is 5.28. The molecule has 0 saturated carbocycles. The van der Waals surface area contributed by atoms with Gasteiger partial charge in [0.1, 0.15) is 11.5 Å². The van der Waals surface area contributed by atoms with Gasteiger partial charge in [-0.1, -0.05) is 13.8 Å². The summed E-state index contributed by atoms with van der Waals surface area (Å²) in [5.41, 5.74) is 1.25. The van der Waals surface area contributed by atoms with Crippen LogP contribution in [0.3, 0.4) is 0 Å². The number of rotatable bonds is 10. The number of hydrogen-bond acceptors (Lipinski definition) is 4. The SMILES string of the molecule is COc1cc(CCCNCCNC(C)C)cc(OC)c1. The van der Waals surface area contributed by atoms with Crippen LogP contribution in [-0.2, 0) is 6.42 Å². The van der Waals surface area contributed by atoms with Gasteiger partial charge in [0, 0.05) is 25.2 Å². The van der Waals surface area contributed by atoms with Crippen molar-refractivity contribution in [2.24, 2.45) is 0 Å². The van der Waals surface area contributed by atoms with Gasteiger partial charge < -0.3 is 20.1 Å². The first-order valence-corrected chi connectivity index (χ1v) is 7.31. The minimum atomic E-state index is 0.557. The number of methoxy groups -OCH3 is 2. The van der Waals surface area contributed by atoms with Gasteiger partial charge in [0.25, 0.3) is 0 Å². The Bertz CT molecular complexity index is 358. The van der Waals surface area contributed by atoms with Gasteiger partial charge in [-0.2, -0.15) is 0 Å². The molecule has 20 heavy (non-hydrogen) atoms. The average molecular weight is 280 g/mol. The number of hydrogen-bond donors (Lipinski definition) is 2. The summed E-state index contributed by atoms with van der Waals surface area (Å²) in [6.07, 6.45) is 2.14. The van der Waals surface area contributed by atoms with E-state index in [1.807, 2.05) is 6.07 Å². The molecule has 1 rings (SSSR count). The lowest BCUT2D eigenvalue weighted by Crippen LogP contribution is -2.32. The van der Waals surface area contributed by atoms with Gasteiger partial charge in [0.2, 0.25) is 0 Å². The smallest absolute Gasteiger partial charge is 0.122 e. The van der Waals surface area contributed by atoms with Crippen molar-refractivity contribution < 1.29 is 9.47 Å². The third-order valence-electron chi connectivity index (χ3n) is 3.08. The van der Waals surface area contributed by atoms with Crippen molar-refractivity contribution in [3.8, 4) is 11.5 Å². The molecule has 2 N–H and O–H groups in total. The van der Waals surface area contributed by atoms with Crippen molar-refractivity contribution in [2.45, 2.75) is 32.7 Å². The molecule has 0 aliphatic carbocycles. The summed E-state index contributed by atoms with van der Waals surface area (Å²) < 4.78 is 10.6. The molecule has 4 heteroatoms. The van der Waals surface area contributed by atoms with E-state index in [1.54, 1.807) is 14.2 Å². The quantitative estimate of drug-likeness (QED) is 0.645. The maximum Gasteiger partial charge on any atom is 0.122 e. The van der Waals surface area contributed by atoms with E-state index in [-0.39, 0.29) is 0 Å². The van der Waals surface area contributed by atoms with Gasteiger partial charge in [-0.05, 0) is 37.1 Å². The van der Waals surface area contributed by atoms with Crippen LogP contribution in [0.25, 0.3) is 0 Å². The van der Waals surface area contributed by atoms with Gasteiger partial charge in [0.15, 0.2) is 0 Å². The number of nitrogens with one attached hydrogen (secondary N) is 2. The zero-order valence-corrected chi connectivity index (χ0v) is 13.2. The number of benzene rings is 1. The Morgan fingerprint density at radius 2 is 1.60 bits per heavy atom. The first-order chi connectivity index (χ1) is 9.65. The maximum absolute atomic E-state index is 5.28. The van der Waals surface area contributed by atoms with E-state index in [9.17, 15) is 0 Å². The van der Waals surface area contributed by atoms with Crippen molar-refractivity contribution in [1.29, 1.82) is 0 Å². The fourth-order valence-corrected chi connectivity index (χ4v) is 2.00. The molecule has 0 radical (unpaired) electrons. The summed E-state index contributed by atoms with van der Waals surface area (Å²) >= 11 is 0. The molecule has 0 fully saturated rings. The second-order valence-corrected chi connectivity index (χ2v) is 5.18. The van der Waals surface area contributed by atoms with Crippen molar-refractivity contribution in [3.05, 3.63) is 23.8 Å². The van der Waals surface area contributed by atoms with Crippen molar-refractivity contribution in [2.75, 3.05) is 33.9 Å². The summed E-state index contributed by atoms with van der Waals surface area (Å²) in [5, 5.41) is 6.83. The normalized spacial score (nSPS) is 10.8. The molecule has 114 valence electrons. The van der Waals surface area contributed by atoms with E-state index in [0.29, 0.717) is 6.04 Å². The summed E-state index contributed by atoms with van der Waals surface area (Å²) in [6, 6.07) is 6.60. The Kier molecular flexibility index (Phi) is 8.07. The predicted octanol–water partition coefficient (Wildman–Crippen LogP) is 2.22. The lowest BCUT2D eigenvalue weighted by Gasteiger charge is -2.10. The first kappa shape index (κ1) is 16.8. The molecule has 0 bridgehead atoms. The first-order valence-electron chi connectivity index (χ1n) is 7.31. The van der Waals surface area contributed by atoms with Gasteiger partial charge >= 0.3 is 0 Å². The highest BCUT2D eigenvalue weighted by molar-refractivity contribution is 5.38. The molecular formula is C16H28N2O2. The minimum Gasteiger partial charge on any atom is -0.497 e. The highest BCUT2D eigenvalue weighted by Gasteiger charge is 2.01. The molecule has 1 aromatic rings. The van der Waals surface area contributed by atoms with Gasteiger partial charge in [-0.3, -0.25) is 0 Å². The second-order valence-electron chi connectivity index (χ2n) is 5.18. The van der Waals surface area contributed by atoms with Crippen molar-refractivity contribution in [1.82, 2.24) is 10.6 Å². The van der Waals surface area contributed by atoms with E-state index in [2.05, 4.69) is 36.6 Å². The Balaban J connectivity index is 2.24. The monoisotopic (exact) mass is 280 g/mol. The molecule has 0 atom stereocenters. The van der Waals surface area contributed by atoms with Gasteiger partial charge in [-0.15, -0.1) is 0 Å². The average Bonchev–Trinajstić information content (AvgIpc) is 2.45.